The molecule has 1 aliphatic carbocycles. The quantitative estimate of drug-likeness (QED) is 0.795. The molecule has 2 atom stereocenters. The van der Waals surface area contributed by atoms with Crippen LogP contribution in [0.1, 0.15) is 24.8 Å². The number of methoxy groups -OCH3 is 1. The number of carbonyl (C=O) groups excluding carboxylic acids is 1. The van der Waals surface area contributed by atoms with Gasteiger partial charge >= 0.3 is 12.0 Å². The lowest BCUT2D eigenvalue weighted by Gasteiger charge is -2.15. The number of nitrogens with one attached hydrogen (secondary N) is 2. The molecule has 1 aliphatic rings. The first-order chi connectivity index (χ1) is 9.99. The van der Waals surface area contributed by atoms with Gasteiger partial charge in [-0.3, -0.25) is 4.79 Å². The minimum atomic E-state index is -0.792. The van der Waals surface area contributed by atoms with Crippen LogP contribution < -0.4 is 15.4 Å². The molecule has 3 N–H and O–H groups in total. The summed E-state index contributed by atoms with van der Waals surface area (Å²) in [4.78, 5) is 22.9. The Labute approximate surface area is 123 Å². The van der Waals surface area contributed by atoms with Gasteiger partial charge in [0.15, 0.2) is 0 Å². The molecule has 0 saturated heterocycles. The van der Waals surface area contributed by atoms with Crippen LogP contribution >= 0.6 is 0 Å². The Morgan fingerprint density at radius 2 is 2.10 bits per heavy atom. The molecule has 1 fully saturated rings. The number of carbonyl (C=O) groups is 2. The molecule has 0 aliphatic heterocycles. The lowest BCUT2D eigenvalue weighted by Crippen LogP contribution is -2.36. The van der Waals surface area contributed by atoms with E-state index in [0.29, 0.717) is 30.7 Å². The number of aryl methyl sites for hydroxylation is 1. The second-order valence-corrected chi connectivity index (χ2v) is 5.35. The molecular weight excluding hydrogens is 272 g/mol. The lowest BCUT2D eigenvalue weighted by atomic mass is 10.1. The summed E-state index contributed by atoms with van der Waals surface area (Å²) in [5.41, 5.74) is 1.61. The van der Waals surface area contributed by atoms with Crippen molar-refractivity contribution in [3.63, 3.8) is 0 Å². The monoisotopic (exact) mass is 292 g/mol. The molecule has 2 rings (SSSR count). The van der Waals surface area contributed by atoms with Crippen molar-refractivity contribution in [1.82, 2.24) is 5.32 Å². The fraction of sp³-hybridized carbons (Fsp3) is 0.467. The van der Waals surface area contributed by atoms with E-state index in [1.54, 1.807) is 13.2 Å². The highest BCUT2D eigenvalue weighted by Crippen LogP contribution is 2.27. The zero-order chi connectivity index (χ0) is 15.4. The van der Waals surface area contributed by atoms with Gasteiger partial charge in [0.1, 0.15) is 5.75 Å². The topological polar surface area (TPSA) is 87.7 Å². The van der Waals surface area contributed by atoms with E-state index in [0.717, 1.165) is 5.56 Å². The number of ether oxygens (including phenoxy) is 1. The fourth-order valence-electron chi connectivity index (χ4n) is 2.60. The van der Waals surface area contributed by atoms with Crippen LogP contribution in [0, 0.1) is 12.8 Å². The highest BCUT2D eigenvalue weighted by atomic mass is 16.5. The van der Waals surface area contributed by atoms with Crippen molar-refractivity contribution >= 4 is 17.7 Å². The molecule has 6 heteroatoms. The Morgan fingerprint density at radius 3 is 2.71 bits per heavy atom. The SMILES string of the molecule is COc1ccc(C)cc1NC(=O)NC1CCC(C(=O)O)C1. The Bertz CT molecular complexity index is 544. The van der Waals surface area contributed by atoms with Gasteiger partial charge < -0.3 is 20.5 Å². The van der Waals surface area contributed by atoms with Gasteiger partial charge in [0, 0.05) is 6.04 Å². The number of aliphatic carboxylic acids is 1. The van der Waals surface area contributed by atoms with Crippen LogP contribution in [0.15, 0.2) is 18.2 Å². The predicted molar refractivity (Wildman–Crippen MR) is 78.7 cm³/mol. The maximum Gasteiger partial charge on any atom is 0.319 e. The average molecular weight is 292 g/mol. The zero-order valence-corrected chi connectivity index (χ0v) is 12.2. The summed E-state index contributed by atoms with van der Waals surface area (Å²) in [5, 5.41) is 14.5. The first-order valence-electron chi connectivity index (χ1n) is 6.94. The number of carboxylic acids is 1. The van der Waals surface area contributed by atoms with Gasteiger partial charge in [0.2, 0.25) is 0 Å². The van der Waals surface area contributed by atoms with Gasteiger partial charge in [-0.25, -0.2) is 4.79 Å². The number of hydrogen-bond acceptors (Lipinski definition) is 3. The third kappa shape index (κ3) is 3.87. The van der Waals surface area contributed by atoms with Crippen molar-refractivity contribution in [3.8, 4) is 5.75 Å². The summed E-state index contributed by atoms with van der Waals surface area (Å²) < 4.78 is 5.20. The van der Waals surface area contributed by atoms with Gasteiger partial charge in [-0.1, -0.05) is 6.07 Å². The van der Waals surface area contributed by atoms with Crippen LogP contribution in [-0.4, -0.2) is 30.3 Å². The molecular formula is C15H20N2O4. The Kier molecular flexibility index (Phi) is 4.67. The lowest BCUT2D eigenvalue weighted by molar-refractivity contribution is -0.141. The van der Waals surface area contributed by atoms with Crippen molar-refractivity contribution in [2.24, 2.45) is 5.92 Å². The summed E-state index contributed by atoms with van der Waals surface area (Å²) in [5.74, 6) is -0.561. The highest BCUT2D eigenvalue weighted by molar-refractivity contribution is 5.91. The predicted octanol–water partition coefficient (Wildman–Crippen LogP) is 2.38. The first-order valence-corrected chi connectivity index (χ1v) is 6.94. The van der Waals surface area contributed by atoms with Gasteiger partial charge in [0.05, 0.1) is 18.7 Å². The van der Waals surface area contributed by atoms with Gasteiger partial charge in [-0.15, -0.1) is 0 Å². The molecule has 2 unspecified atom stereocenters. The van der Waals surface area contributed by atoms with Gasteiger partial charge in [-0.05, 0) is 43.9 Å². The Balaban J connectivity index is 1.93. The Hall–Kier alpha value is -2.24. The van der Waals surface area contributed by atoms with E-state index in [-0.39, 0.29) is 18.0 Å². The molecule has 1 saturated carbocycles. The molecule has 114 valence electrons. The molecule has 0 aromatic heterocycles. The number of urea groups is 1. The van der Waals surface area contributed by atoms with Crippen LogP contribution in [0.4, 0.5) is 10.5 Å². The van der Waals surface area contributed by atoms with Gasteiger partial charge in [-0.2, -0.15) is 0 Å². The summed E-state index contributed by atoms with van der Waals surface area (Å²) in [6.45, 7) is 1.93. The van der Waals surface area contributed by atoms with Crippen LogP contribution in [-0.2, 0) is 4.79 Å². The van der Waals surface area contributed by atoms with E-state index in [2.05, 4.69) is 10.6 Å². The average Bonchev–Trinajstić information content (AvgIpc) is 2.87. The molecule has 21 heavy (non-hydrogen) atoms. The van der Waals surface area contributed by atoms with Gasteiger partial charge in [0.25, 0.3) is 0 Å². The van der Waals surface area contributed by atoms with E-state index >= 15 is 0 Å². The largest absolute Gasteiger partial charge is 0.495 e. The van der Waals surface area contributed by atoms with E-state index in [4.69, 9.17) is 9.84 Å². The fourth-order valence-corrected chi connectivity index (χ4v) is 2.60. The van der Waals surface area contributed by atoms with Crippen molar-refractivity contribution in [1.29, 1.82) is 0 Å². The zero-order valence-electron chi connectivity index (χ0n) is 12.2. The second kappa shape index (κ2) is 6.47. The number of amides is 2. The third-order valence-corrected chi connectivity index (χ3v) is 3.72. The highest BCUT2D eigenvalue weighted by Gasteiger charge is 2.30. The van der Waals surface area contributed by atoms with E-state index < -0.39 is 5.97 Å². The third-order valence-electron chi connectivity index (χ3n) is 3.72. The summed E-state index contributed by atoms with van der Waals surface area (Å²) >= 11 is 0. The number of hydrogen-bond donors (Lipinski definition) is 3. The number of rotatable bonds is 4. The number of carboxylic acid groups (broad SMARTS) is 1. The van der Waals surface area contributed by atoms with E-state index in [1.807, 2.05) is 19.1 Å². The van der Waals surface area contributed by atoms with Crippen LogP contribution in [0.2, 0.25) is 0 Å². The van der Waals surface area contributed by atoms with Crippen molar-refractivity contribution in [2.75, 3.05) is 12.4 Å². The van der Waals surface area contributed by atoms with Crippen LogP contribution in [0.3, 0.4) is 0 Å². The van der Waals surface area contributed by atoms with Crippen molar-refractivity contribution in [3.05, 3.63) is 23.8 Å². The standard InChI is InChI=1S/C15H20N2O4/c1-9-3-6-13(21-2)12(7-9)17-15(20)16-11-5-4-10(8-11)14(18)19/h3,6-7,10-11H,4-5,8H2,1-2H3,(H,18,19)(H2,16,17,20). The minimum Gasteiger partial charge on any atom is -0.495 e. The molecule has 1 aromatic carbocycles. The molecule has 6 nitrogen and oxygen atoms in total. The molecule has 0 bridgehead atoms. The normalized spacial score (nSPS) is 20.9. The summed E-state index contributed by atoms with van der Waals surface area (Å²) in [6.07, 6.45) is 1.77. The maximum absolute atomic E-state index is 12.0. The van der Waals surface area contributed by atoms with E-state index in [9.17, 15) is 9.59 Å². The Morgan fingerprint density at radius 1 is 1.33 bits per heavy atom. The van der Waals surface area contributed by atoms with Crippen LogP contribution in [0.25, 0.3) is 0 Å². The number of benzene rings is 1. The van der Waals surface area contributed by atoms with E-state index in [1.165, 1.54) is 0 Å². The van der Waals surface area contributed by atoms with Crippen LogP contribution in [0.5, 0.6) is 5.75 Å². The minimum absolute atomic E-state index is 0.0955. The first kappa shape index (κ1) is 15.2. The van der Waals surface area contributed by atoms with Crippen molar-refractivity contribution in [2.45, 2.75) is 32.2 Å². The maximum atomic E-state index is 12.0. The van der Waals surface area contributed by atoms with Crippen molar-refractivity contribution < 1.29 is 19.4 Å². The molecule has 1 aromatic rings. The molecule has 0 spiro atoms. The second-order valence-electron chi connectivity index (χ2n) is 5.35. The molecule has 2 amide bonds. The number of anilines is 1. The summed E-state index contributed by atoms with van der Waals surface area (Å²) in [7, 11) is 1.54. The smallest absolute Gasteiger partial charge is 0.319 e. The molecule has 0 heterocycles. The summed E-state index contributed by atoms with van der Waals surface area (Å²) in [6, 6.07) is 5.08. The molecule has 0 radical (unpaired) electrons.